The van der Waals surface area contributed by atoms with Gasteiger partial charge in [0, 0.05) is 12.4 Å². The summed E-state index contributed by atoms with van der Waals surface area (Å²) in [5, 5.41) is 7.95. The molecule has 102 valence electrons. The third-order valence-electron chi connectivity index (χ3n) is 2.40. The summed E-state index contributed by atoms with van der Waals surface area (Å²) in [6, 6.07) is 1.63. The van der Waals surface area contributed by atoms with Crippen LogP contribution < -0.4 is 0 Å². The third-order valence-corrected chi connectivity index (χ3v) is 2.40. The number of rotatable bonds is 5. The molecular weight excluding hydrogens is 258 g/mol. The summed E-state index contributed by atoms with van der Waals surface area (Å²) in [7, 11) is 1.28. The Balaban J connectivity index is 2.02. The number of hydrogen-bond acceptors (Lipinski definition) is 4. The molecule has 0 saturated carbocycles. The summed E-state index contributed by atoms with van der Waals surface area (Å²) in [6.07, 6.45) is 1.93. The first-order chi connectivity index (χ1) is 9.08. The van der Waals surface area contributed by atoms with Gasteiger partial charge in [0.1, 0.15) is 6.54 Å². The van der Waals surface area contributed by atoms with Crippen LogP contribution in [0, 0.1) is 0 Å². The predicted molar refractivity (Wildman–Crippen MR) is 60.9 cm³/mol. The van der Waals surface area contributed by atoms with Crippen LogP contribution in [0.1, 0.15) is 16.1 Å². The maximum absolute atomic E-state index is 12.2. The number of hydrogen-bond donors (Lipinski definition) is 0. The zero-order chi connectivity index (χ0) is 13.8. The quantitative estimate of drug-likeness (QED) is 0.765. The van der Waals surface area contributed by atoms with Gasteiger partial charge >= 0.3 is 5.97 Å². The molecule has 2 heterocycles. The second kappa shape index (κ2) is 5.59. The molecule has 0 atom stereocenters. The van der Waals surface area contributed by atoms with Crippen molar-refractivity contribution in [2.45, 2.75) is 19.5 Å². The number of ether oxygens (including phenoxy) is 1. The van der Waals surface area contributed by atoms with Gasteiger partial charge in [0.2, 0.25) is 0 Å². The average molecular weight is 270 g/mol. The first kappa shape index (κ1) is 13.2. The van der Waals surface area contributed by atoms with Crippen molar-refractivity contribution in [3.63, 3.8) is 0 Å². The SMILES string of the molecule is COC(=O)c1cnn(Cc2ccn(CC(F)F)n2)c1. The van der Waals surface area contributed by atoms with Crippen molar-refractivity contribution >= 4 is 5.97 Å². The molecule has 0 bridgehead atoms. The molecule has 2 rings (SSSR count). The highest BCUT2D eigenvalue weighted by atomic mass is 19.3. The van der Waals surface area contributed by atoms with Gasteiger partial charge in [-0.15, -0.1) is 0 Å². The van der Waals surface area contributed by atoms with Crippen LogP contribution in [-0.2, 0) is 17.8 Å². The Hall–Kier alpha value is -2.25. The third kappa shape index (κ3) is 3.36. The minimum atomic E-state index is -2.44. The first-order valence-corrected chi connectivity index (χ1v) is 5.49. The van der Waals surface area contributed by atoms with Crippen LogP contribution in [0.4, 0.5) is 8.78 Å². The van der Waals surface area contributed by atoms with Crippen molar-refractivity contribution in [1.29, 1.82) is 0 Å². The van der Waals surface area contributed by atoms with E-state index < -0.39 is 18.9 Å². The van der Waals surface area contributed by atoms with Crippen molar-refractivity contribution in [3.8, 4) is 0 Å². The van der Waals surface area contributed by atoms with E-state index in [-0.39, 0.29) is 0 Å². The number of alkyl halides is 2. The fraction of sp³-hybridized carbons (Fsp3) is 0.364. The molecule has 19 heavy (non-hydrogen) atoms. The van der Waals surface area contributed by atoms with Gasteiger partial charge in [0.25, 0.3) is 6.43 Å². The topological polar surface area (TPSA) is 61.9 Å². The van der Waals surface area contributed by atoms with Gasteiger partial charge in [-0.2, -0.15) is 10.2 Å². The van der Waals surface area contributed by atoms with Crippen LogP contribution in [0.15, 0.2) is 24.7 Å². The summed E-state index contributed by atoms with van der Waals surface area (Å²) in [5.41, 5.74) is 0.912. The van der Waals surface area contributed by atoms with Crippen molar-refractivity contribution in [1.82, 2.24) is 19.6 Å². The second-order valence-corrected chi connectivity index (χ2v) is 3.84. The van der Waals surface area contributed by atoms with Crippen LogP contribution in [0.2, 0.25) is 0 Å². The van der Waals surface area contributed by atoms with Crippen LogP contribution in [-0.4, -0.2) is 39.1 Å². The summed E-state index contributed by atoms with van der Waals surface area (Å²) >= 11 is 0. The lowest BCUT2D eigenvalue weighted by Gasteiger charge is -1.99. The number of methoxy groups -OCH3 is 1. The number of aromatic nitrogens is 4. The number of nitrogens with zero attached hydrogens (tertiary/aromatic N) is 4. The zero-order valence-electron chi connectivity index (χ0n) is 10.2. The standard InChI is InChI=1S/C11H12F2N4O2/c1-19-11(18)8-4-14-17(5-8)6-9-2-3-16(15-9)7-10(12)13/h2-5,10H,6-7H2,1H3. The zero-order valence-corrected chi connectivity index (χ0v) is 10.2. The molecule has 0 aliphatic heterocycles. The summed E-state index contributed by atoms with van der Waals surface area (Å²) < 4.78 is 31.5. The maximum Gasteiger partial charge on any atom is 0.341 e. The summed E-state index contributed by atoms with van der Waals surface area (Å²) in [5.74, 6) is -0.477. The lowest BCUT2D eigenvalue weighted by atomic mass is 10.4. The predicted octanol–water partition coefficient (Wildman–Crippen LogP) is 1.18. The Kier molecular flexibility index (Phi) is 3.88. The lowest BCUT2D eigenvalue weighted by Crippen LogP contribution is -2.08. The van der Waals surface area contributed by atoms with Crippen LogP contribution in [0.5, 0.6) is 0 Å². The fourth-order valence-electron chi connectivity index (χ4n) is 1.57. The van der Waals surface area contributed by atoms with Crippen LogP contribution in [0.3, 0.4) is 0 Å². The Morgan fingerprint density at radius 2 is 2.26 bits per heavy atom. The molecule has 0 amide bonds. The molecule has 0 radical (unpaired) electrons. The number of halogens is 2. The first-order valence-electron chi connectivity index (χ1n) is 5.49. The minimum absolute atomic E-state index is 0.299. The number of esters is 1. The van der Waals surface area contributed by atoms with Crippen molar-refractivity contribution in [3.05, 3.63) is 35.9 Å². The normalized spacial score (nSPS) is 10.9. The smallest absolute Gasteiger partial charge is 0.341 e. The van der Waals surface area contributed by atoms with Gasteiger partial charge in [-0.3, -0.25) is 9.36 Å². The van der Waals surface area contributed by atoms with Crippen molar-refractivity contribution in [2.24, 2.45) is 0 Å². The number of carbonyl (C=O) groups is 1. The lowest BCUT2D eigenvalue weighted by molar-refractivity contribution is 0.0600. The molecule has 0 aliphatic carbocycles. The molecule has 0 spiro atoms. The van der Waals surface area contributed by atoms with Crippen LogP contribution >= 0.6 is 0 Å². The highest BCUT2D eigenvalue weighted by Gasteiger charge is 2.10. The Bertz CT molecular complexity index is 565. The van der Waals surface area contributed by atoms with E-state index in [1.54, 1.807) is 6.07 Å². The molecule has 0 aromatic carbocycles. The fourth-order valence-corrected chi connectivity index (χ4v) is 1.57. The molecule has 0 saturated heterocycles. The van der Waals surface area contributed by atoms with Crippen molar-refractivity contribution < 1.29 is 18.3 Å². The molecule has 2 aromatic rings. The molecule has 0 aliphatic rings. The molecule has 0 fully saturated rings. The van der Waals surface area contributed by atoms with Gasteiger partial charge in [-0.25, -0.2) is 13.6 Å². The van der Waals surface area contributed by atoms with Crippen molar-refractivity contribution in [2.75, 3.05) is 7.11 Å². The molecule has 8 heteroatoms. The van der Waals surface area contributed by atoms with Gasteiger partial charge in [0.15, 0.2) is 0 Å². The van der Waals surface area contributed by atoms with Gasteiger partial charge in [-0.1, -0.05) is 0 Å². The highest BCUT2D eigenvalue weighted by Crippen LogP contribution is 2.05. The van der Waals surface area contributed by atoms with Gasteiger partial charge in [-0.05, 0) is 6.07 Å². The largest absolute Gasteiger partial charge is 0.465 e. The molecule has 2 aromatic heterocycles. The van der Waals surface area contributed by atoms with E-state index in [4.69, 9.17) is 0 Å². The second-order valence-electron chi connectivity index (χ2n) is 3.84. The van der Waals surface area contributed by atoms with Gasteiger partial charge < -0.3 is 4.74 Å². The molecule has 0 unspecified atom stereocenters. The average Bonchev–Trinajstić information content (AvgIpc) is 2.98. The summed E-state index contributed by atoms with van der Waals surface area (Å²) in [6.45, 7) is -0.139. The van der Waals surface area contributed by atoms with E-state index >= 15 is 0 Å². The number of carbonyl (C=O) groups excluding carboxylic acids is 1. The Morgan fingerprint density at radius 1 is 1.47 bits per heavy atom. The maximum atomic E-state index is 12.2. The van der Waals surface area contributed by atoms with E-state index in [0.29, 0.717) is 17.8 Å². The molecule has 0 N–H and O–H groups in total. The van der Waals surface area contributed by atoms with E-state index in [1.165, 1.54) is 35.1 Å². The molecular formula is C11H12F2N4O2. The highest BCUT2D eigenvalue weighted by molar-refractivity contribution is 5.88. The van der Waals surface area contributed by atoms with E-state index in [9.17, 15) is 13.6 Å². The van der Waals surface area contributed by atoms with Crippen LogP contribution in [0.25, 0.3) is 0 Å². The Morgan fingerprint density at radius 3 is 2.95 bits per heavy atom. The van der Waals surface area contributed by atoms with E-state index in [0.717, 1.165) is 0 Å². The van der Waals surface area contributed by atoms with E-state index in [1.807, 2.05) is 0 Å². The molecule has 6 nitrogen and oxygen atoms in total. The van der Waals surface area contributed by atoms with Gasteiger partial charge in [0.05, 0.1) is 31.1 Å². The minimum Gasteiger partial charge on any atom is -0.465 e. The Labute approximate surface area is 107 Å². The summed E-state index contributed by atoms with van der Waals surface area (Å²) in [4.78, 5) is 11.2. The van der Waals surface area contributed by atoms with E-state index in [2.05, 4.69) is 14.9 Å². The monoisotopic (exact) mass is 270 g/mol.